The summed E-state index contributed by atoms with van der Waals surface area (Å²) in [5.74, 6) is 2.97. The second-order valence-electron chi connectivity index (χ2n) is 9.56. The van der Waals surface area contributed by atoms with E-state index >= 15 is 0 Å². The van der Waals surface area contributed by atoms with Gasteiger partial charge in [-0.05, 0) is 41.5 Å². The molecular weight excluding hydrogens is 518 g/mol. The summed E-state index contributed by atoms with van der Waals surface area (Å²) in [5, 5.41) is 0. The highest BCUT2D eigenvalue weighted by molar-refractivity contribution is 5.74. The maximum absolute atomic E-state index is 4.96. The number of nitrogens with zero attached hydrogens (tertiary/aromatic N) is 7. The van der Waals surface area contributed by atoms with Crippen molar-refractivity contribution >= 4 is 0 Å². The van der Waals surface area contributed by atoms with E-state index in [0.717, 1.165) is 38.9 Å². The molecule has 0 fully saturated rings. The van der Waals surface area contributed by atoms with Crippen LogP contribution in [-0.2, 0) is 0 Å². The lowest BCUT2D eigenvalue weighted by molar-refractivity contribution is 1.07. The van der Waals surface area contributed by atoms with Crippen LogP contribution in [0.1, 0.15) is 0 Å². The molecule has 3 aromatic heterocycles. The Bertz CT molecular complexity index is 1740. The molecule has 3 heterocycles. The van der Waals surface area contributed by atoms with Crippen molar-refractivity contribution in [2.75, 3.05) is 0 Å². The zero-order valence-electron chi connectivity index (χ0n) is 22.4. The molecule has 0 radical (unpaired) electrons. The minimum atomic E-state index is 0.555. The summed E-state index contributed by atoms with van der Waals surface area (Å²) in [6.07, 6.45) is 6.93. The maximum Gasteiger partial charge on any atom is 0.164 e. The Labute approximate surface area is 242 Å². The molecule has 0 atom stereocenters. The fraction of sp³-hybridized carbons (Fsp3) is 0. The van der Waals surface area contributed by atoms with Crippen LogP contribution in [0.3, 0.4) is 0 Å². The third-order valence-corrected chi connectivity index (χ3v) is 6.75. The largest absolute Gasteiger partial charge is 0.237 e. The van der Waals surface area contributed by atoms with Gasteiger partial charge in [-0.3, -0.25) is 0 Å². The van der Waals surface area contributed by atoms with Gasteiger partial charge in [0.1, 0.15) is 0 Å². The number of hydrogen-bond donors (Lipinski definition) is 0. The standard InChI is InChI=1S/C35H23N7/c1-2-9-24(10-3-1)25-11-4-14-28(21-25)33-40-34(29-15-5-12-26(22-29)31-36-17-7-18-37-31)42-35(41-33)30-16-6-13-27(23-30)32-38-19-8-20-39-32/h1-23H. The van der Waals surface area contributed by atoms with Crippen LogP contribution in [-0.4, -0.2) is 34.9 Å². The van der Waals surface area contributed by atoms with E-state index in [0.29, 0.717) is 29.1 Å². The Hall–Kier alpha value is -5.95. The van der Waals surface area contributed by atoms with E-state index in [1.54, 1.807) is 36.9 Å². The first-order chi connectivity index (χ1) is 20.8. The zero-order valence-corrected chi connectivity index (χ0v) is 22.4. The molecule has 198 valence electrons. The molecule has 0 N–H and O–H groups in total. The van der Waals surface area contributed by atoms with Gasteiger partial charge in [0, 0.05) is 52.6 Å². The highest BCUT2D eigenvalue weighted by Crippen LogP contribution is 2.30. The van der Waals surface area contributed by atoms with Crippen LogP contribution in [0.4, 0.5) is 0 Å². The molecule has 0 amide bonds. The molecule has 0 saturated carbocycles. The Kier molecular flexibility index (Phi) is 6.72. The summed E-state index contributed by atoms with van der Waals surface area (Å²) in [4.78, 5) is 32.5. The van der Waals surface area contributed by atoms with E-state index < -0.39 is 0 Å². The number of hydrogen-bond acceptors (Lipinski definition) is 7. The molecule has 7 rings (SSSR count). The monoisotopic (exact) mass is 541 g/mol. The van der Waals surface area contributed by atoms with Gasteiger partial charge < -0.3 is 0 Å². The number of benzene rings is 4. The first kappa shape index (κ1) is 25.0. The average molecular weight is 542 g/mol. The van der Waals surface area contributed by atoms with Crippen LogP contribution in [0.15, 0.2) is 140 Å². The van der Waals surface area contributed by atoms with Crippen molar-refractivity contribution in [2.45, 2.75) is 0 Å². The Balaban J connectivity index is 1.38. The van der Waals surface area contributed by atoms with Crippen molar-refractivity contribution < 1.29 is 0 Å². The van der Waals surface area contributed by atoms with Crippen molar-refractivity contribution in [1.29, 1.82) is 0 Å². The fourth-order valence-electron chi connectivity index (χ4n) is 4.72. The molecule has 4 aromatic carbocycles. The highest BCUT2D eigenvalue weighted by Gasteiger charge is 2.15. The van der Waals surface area contributed by atoms with Crippen LogP contribution in [0.5, 0.6) is 0 Å². The number of rotatable bonds is 6. The van der Waals surface area contributed by atoms with Gasteiger partial charge in [0.2, 0.25) is 0 Å². The SMILES string of the molecule is c1ccc(-c2cccc(-c3nc(-c4cccc(-c5ncccn5)c4)nc(-c4cccc(-c5ncccn5)c4)n3)c2)cc1. The predicted molar refractivity (Wildman–Crippen MR) is 164 cm³/mol. The fourth-order valence-corrected chi connectivity index (χ4v) is 4.72. The van der Waals surface area contributed by atoms with Gasteiger partial charge in [0.05, 0.1) is 0 Å². The molecule has 0 unspecified atom stereocenters. The lowest BCUT2D eigenvalue weighted by atomic mass is 10.0. The summed E-state index contributed by atoms with van der Waals surface area (Å²) < 4.78 is 0. The minimum absolute atomic E-state index is 0.555. The normalized spacial score (nSPS) is 10.9. The topological polar surface area (TPSA) is 90.2 Å². The summed E-state index contributed by atoms with van der Waals surface area (Å²) in [6.45, 7) is 0. The van der Waals surface area contributed by atoms with E-state index in [4.69, 9.17) is 15.0 Å². The zero-order chi connectivity index (χ0) is 28.1. The van der Waals surface area contributed by atoms with Crippen molar-refractivity contribution in [1.82, 2.24) is 34.9 Å². The Morgan fingerprint density at radius 2 is 0.595 bits per heavy atom. The van der Waals surface area contributed by atoms with E-state index in [2.05, 4.69) is 44.2 Å². The van der Waals surface area contributed by atoms with Crippen LogP contribution < -0.4 is 0 Å². The lowest BCUT2D eigenvalue weighted by Crippen LogP contribution is -2.01. The molecule has 7 nitrogen and oxygen atoms in total. The number of aromatic nitrogens is 7. The summed E-state index contributed by atoms with van der Waals surface area (Å²) in [5.41, 5.74) is 6.55. The smallest absolute Gasteiger partial charge is 0.164 e. The maximum atomic E-state index is 4.96. The molecule has 7 heteroatoms. The average Bonchev–Trinajstić information content (AvgIpc) is 3.09. The summed E-state index contributed by atoms with van der Waals surface area (Å²) in [6, 6.07) is 38.0. The van der Waals surface area contributed by atoms with E-state index in [1.165, 1.54) is 0 Å². The quantitative estimate of drug-likeness (QED) is 0.216. The predicted octanol–water partition coefficient (Wildman–Crippen LogP) is 7.45. The van der Waals surface area contributed by atoms with Crippen LogP contribution in [0.2, 0.25) is 0 Å². The van der Waals surface area contributed by atoms with Crippen molar-refractivity contribution in [2.24, 2.45) is 0 Å². The van der Waals surface area contributed by atoms with Gasteiger partial charge in [-0.15, -0.1) is 0 Å². The van der Waals surface area contributed by atoms with Crippen LogP contribution in [0, 0.1) is 0 Å². The Morgan fingerprint density at radius 1 is 0.262 bits per heavy atom. The lowest BCUT2D eigenvalue weighted by Gasteiger charge is -2.11. The van der Waals surface area contributed by atoms with Gasteiger partial charge in [-0.2, -0.15) is 0 Å². The van der Waals surface area contributed by atoms with E-state index in [9.17, 15) is 0 Å². The second-order valence-corrected chi connectivity index (χ2v) is 9.56. The summed E-state index contributed by atoms with van der Waals surface area (Å²) >= 11 is 0. The van der Waals surface area contributed by atoms with Gasteiger partial charge in [-0.1, -0.05) is 84.9 Å². The second kappa shape index (κ2) is 11.3. The molecular formula is C35H23N7. The molecule has 0 bridgehead atoms. The van der Waals surface area contributed by atoms with E-state index in [-0.39, 0.29) is 0 Å². The van der Waals surface area contributed by atoms with E-state index in [1.807, 2.05) is 78.9 Å². The molecule has 0 aliphatic carbocycles. The van der Waals surface area contributed by atoms with Crippen molar-refractivity contribution in [3.05, 3.63) is 140 Å². The van der Waals surface area contributed by atoms with Gasteiger partial charge >= 0.3 is 0 Å². The molecule has 42 heavy (non-hydrogen) atoms. The summed E-state index contributed by atoms with van der Waals surface area (Å²) in [7, 11) is 0. The molecule has 0 aliphatic heterocycles. The Morgan fingerprint density at radius 3 is 1.02 bits per heavy atom. The van der Waals surface area contributed by atoms with Gasteiger partial charge in [0.15, 0.2) is 29.1 Å². The third kappa shape index (κ3) is 5.26. The first-order valence-electron chi connectivity index (χ1n) is 13.5. The van der Waals surface area contributed by atoms with Crippen molar-refractivity contribution in [3.8, 4) is 68.1 Å². The molecule has 7 aromatic rings. The van der Waals surface area contributed by atoms with Gasteiger partial charge in [-0.25, -0.2) is 34.9 Å². The molecule has 0 saturated heterocycles. The van der Waals surface area contributed by atoms with Crippen molar-refractivity contribution in [3.63, 3.8) is 0 Å². The van der Waals surface area contributed by atoms with Crippen LogP contribution >= 0.6 is 0 Å². The van der Waals surface area contributed by atoms with Gasteiger partial charge in [0.25, 0.3) is 0 Å². The molecule has 0 spiro atoms. The van der Waals surface area contributed by atoms with Crippen LogP contribution in [0.25, 0.3) is 68.1 Å². The molecule has 0 aliphatic rings. The highest BCUT2D eigenvalue weighted by atomic mass is 15.0. The minimum Gasteiger partial charge on any atom is -0.237 e. The third-order valence-electron chi connectivity index (χ3n) is 6.75. The first-order valence-corrected chi connectivity index (χ1v) is 13.5.